The third-order valence-corrected chi connectivity index (χ3v) is 8.24. The summed E-state index contributed by atoms with van der Waals surface area (Å²) in [4.78, 5) is 11.2. The van der Waals surface area contributed by atoms with Crippen molar-refractivity contribution in [3.8, 4) is 23.0 Å². The van der Waals surface area contributed by atoms with E-state index in [-0.39, 0.29) is 17.4 Å². The number of rotatable bonds is 10. The number of fused-ring (bicyclic) bond motifs is 1. The van der Waals surface area contributed by atoms with Gasteiger partial charge < -0.3 is 33.1 Å². The minimum absolute atomic E-state index is 0.0704. The van der Waals surface area contributed by atoms with Gasteiger partial charge in [0.15, 0.2) is 23.0 Å². The van der Waals surface area contributed by atoms with Crippen LogP contribution in [0.3, 0.4) is 0 Å². The van der Waals surface area contributed by atoms with E-state index in [1.807, 2.05) is 18.2 Å². The number of aliphatic carboxylic acids is 1. The standard InChI is InChI=1S/C24H31NO6.C6H6O3S/c1-25(11-9-24(26)27)10-8-17-14-22(30-4)23(31-5)15-18(17)19(25)12-16-6-7-20(28-2)21(13-16)29-3;7-10(8,9)6-4-2-1-3-5-6/h6-7,13-15,19H,8-12H2,1-5H3;1-5H,(H,7,8,9)/t19?,25-;/m1./s1. The summed E-state index contributed by atoms with van der Waals surface area (Å²) >= 11 is 0. The maximum Gasteiger partial charge on any atom is 0.309 e. The monoisotopic (exact) mass is 587 g/mol. The van der Waals surface area contributed by atoms with Crippen LogP contribution < -0.4 is 18.9 Å². The molecule has 1 unspecified atom stereocenters. The first-order valence-electron chi connectivity index (χ1n) is 13.0. The van der Waals surface area contributed by atoms with Gasteiger partial charge in [0.1, 0.15) is 16.2 Å². The molecular weight excluding hydrogens is 550 g/mol. The van der Waals surface area contributed by atoms with E-state index in [1.165, 1.54) is 35.4 Å². The maximum absolute atomic E-state index is 11.4. The Morgan fingerprint density at radius 1 is 0.902 bits per heavy atom. The van der Waals surface area contributed by atoms with E-state index in [1.54, 1.807) is 34.5 Å². The lowest BCUT2D eigenvalue weighted by Gasteiger charge is -2.46. The van der Waals surface area contributed by atoms with E-state index in [0.29, 0.717) is 34.0 Å². The highest BCUT2D eigenvalue weighted by Gasteiger charge is 2.40. The van der Waals surface area contributed by atoms with Crippen LogP contribution in [0.5, 0.6) is 23.0 Å². The fourth-order valence-corrected chi connectivity index (χ4v) is 5.59. The molecule has 2 atom stereocenters. The molecule has 0 amide bonds. The van der Waals surface area contributed by atoms with Crippen molar-refractivity contribution in [3.63, 3.8) is 0 Å². The van der Waals surface area contributed by atoms with Crippen molar-refractivity contribution in [2.24, 2.45) is 0 Å². The molecule has 1 heterocycles. The SMILES string of the molecule is COc1ccc(CC2c3cc(OC)c(OC)cc3CC[N@+]2(C)CCC(=O)O)cc1OC.O=S(=O)([O-])c1ccccc1. The molecule has 3 aromatic rings. The molecule has 0 saturated carbocycles. The molecule has 0 bridgehead atoms. The zero-order valence-electron chi connectivity index (χ0n) is 24.0. The van der Waals surface area contributed by atoms with Crippen LogP contribution in [0.1, 0.15) is 29.2 Å². The topological polar surface area (TPSA) is 131 Å². The van der Waals surface area contributed by atoms with E-state index in [9.17, 15) is 22.9 Å². The molecule has 0 aromatic heterocycles. The smallest absolute Gasteiger partial charge is 0.309 e. The zero-order chi connectivity index (χ0) is 30.2. The number of hydrogen-bond donors (Lipinski definition) is 1. The molecule has 222 valence electrons. The zero-order valence-corrected chi connectivity index (χ0v) is 24.8. The van der Waals surface area contributed by atoms with Gasteiger partial charge in [0.05, 0.1) is 59.9 Å². The van der Waals surface area contributed by atoms with Crippen LogP contribution in [-0.2, 0) is 27.8 Å². The number of carbonyl (C=O) groups is 1. The van der Waals surface area contributed by atoms with Gasteiger partial charge in [-0.25, -0.2) is 8.42 Å². The van der Waals surface area contributed by atoms with Gasteiger partial charge in [-0.3, -0.25) is 4.79 Å². The van der Waals surface area contributed by atoms with Gasteiger partial charge in [-0.15, -0.1) is 0 Å². The molecule has 1 aliphatic heterocycles. The second-order valence-corrected chi connectivity index (χ2v) is 11.3. The van der Waals surface area contributed by atoms with Gasteiger partial charge in [-0.2, -0.15) is 0 Å². The van der Waals surface area contributed by atoms with Gasteiger partial charge in [0, 0.05) is 18.4 Å². The highest BCUT2D eigenvalue weighted by atomic mass is 32.2. The van der Waals surface area contributed by atoms with Gasteiger partial charge in [0.25, 0.3) is 0 Å². The van der Waals surface area contributed by atoms with Crippen molar-refractivity contribution < 1.29 is 46.3 Å². The highest BCUT2D eigenvalue weighted by molar-refractivity contribution is 7.85. The minimum Gasteiger partial charge on any atom is -0.744 e. The molecule has 10 nitrogen and oxygen atoms in total. The Kier molecular flexibility index (Phi) is 10.6. The predicted molar refractivity (Wildman–Crippen MR) is 152 cm³/mol. The minimum atomic E-state index is -4.25. The molecule has 0 fully saturated rings. The van der Waals surface area contributed by atoms with Gasteiger partial charge in [-0.1, -0.05) is 24.3 Å². The summed E-state index contributed by atoms with van der Waals surface area (Å²) in [7, 11) is 4.41. The first kappa shape index (κ1) is 31.7. The van der Waals surface area contributed by atoms with Gasteiger partial charge in [-0.05, 0) is 47.5 Å². The molecule has 1 aliphatic rings. The highest BCUT2D eigenvalue weighted by Crippen LogP contribution is 2.43. The molecule has 0 spiro atoms. The van der Waals surface area contributed by atoms with Gasteiger partial charge in [0.2, 0.25) is 0 Å². The number of nitrogens with zero attached hydrogens (tertiary/aromatic N) is 1. The summed E-state index contributed by atoms with van der Waals surface area (Å²) in [6, 6.07) is 17.3. The van der Waals surface area contributed by atoms with Crippen molar-refractivity contribution in [3.05, 3.63) is 77.4 Å². The molecule has 0 saturated heterocycles. The number of benzene rings is 3. The summed E-state index contributed by atoms with van der Waals surface area (Å²) in [5, 5.41) is 9.33. The normalized spacial score (nSPS) is 17.9. The van der Waals surface area contributed by atoms with Crippen molar-refractivity contribution in [2.75, 3.05) is 48.6 Å². The number of quaternary nitrogens is 1. The first-order chi connectivity index (χ1) is 19.4. The number of carboxylic acids is 1. The van der Waals surface area contributed by atoms with E-state index in [2.05, 4.69) is 19.2 Å². The van der Waals surface area contributed by atoms with E-state index in [0.717, 1.165) is 24.9 Å². The fourth-order valence-electron chi connectivity index (χ4n) is 5.10. The maximum atomic E-state index is 11.4. The van der Waals surface area contributed by atoms with Crippen LogP contribution in [0.4, 0.5) is 0 Å². The van der Waals surface area contributed by atoms with Crippen molar-refractivity contribution in [1.82, 2.24) is 0 Å². The Labute approximate surface area is 241 Å². The second-order valence-electron chi connectivity index (χ2n) is 9.90. The lowest BCUT2D eigenvalue weighted by atomic mass is 9.86. The van der Waals surface area contributed by atoms with Crippen LogP contribution in [0.25, 0.3) is 0 Å². The lowest BCUT2D eigenvalue weighted by Crippen LogP contribution is -2.53. The average Bonchev–Trinajstić information content (AvgIpc) is 2.97. The third-order valence-electron chi connectivity index (χ3n) is 7.39. The Morgan fingerprint density at radius 2 is 1.49 bits per heavy atom. The molecule has 4 rings (SSSR count). The molecule has 3 aromatic carbocycles. The van der Waals surface area contributed by atoms with E-state index in [4.69, 9.17) is 18.9 Å². The number of likely N-dealkylation sites (N-methyl/N-ethyl adjacent to an activating group) is 1. The number of hydrogen-bond acceptors (Lipinski definition) is 8. The summed E-state index contributed by atoms with van der Waals surface area (Å²) in [5.74, 6) is 1.99. The van der Waals surface area contributed by atoms with Crippen LogP contribution in [-0.4, -0.2) is 77.1 Å². The Bertz CT molecular complexity index is 1440. The summed E-state index contributed by atoms with van der Waals surface area (Å²) < 4.78 is 53.4. The van der Waals surface area contributed by atoms with Crippen LogP contribution >= 0.6 is 0 Å². The largest absolute Gasteiger partial charge is 0.744 e. The first-order valence-corrected chi connectivity index (χ1v) is 14.4. The Morgan fingerprint density at radius 3 is 2.02 bits per heavy atom. The molecule has 41 heavy (non-hydrogen) atoms. The van der Waals surface area contributed by atoms with Crippen molar-refractivity contribution >= 4 is 16.1 Å². The van der Waals surface area contributed by atoms with Crippen molar-refractivity contribution in [2.45, 2.75) is 30.2 Å². The van der Waals surface area contributed by atoms with Crippen molar-refractivity contribution in [1.29, 1.82) is 0 Å². The molecule has 1 N–H and O–H groups in total. The Hall–Kier alpha value is -3.80. The summed E-state index contributed by atoms with van der Waals surface area (Å²) in [6.07, 6.45) is 1.72. The van der Waals surface area contributed by atoms with Crippen LogP contribution in [0, 0.1) is 0 Å². The average molecular weight is 588 g/mol. The molecule has 11 heteroatoms. The summed E-state index contributed by atoms with van der Waals surface area (Å²) in [5.41, 5.74) is 3.49. The molecule has 0 radical (unpaired) electrons. The fraction of sp³-hybridized carbons (Fsp3) is 0.367. The van der Waals surface area contributed by atoms with Crippen LogP contribution in [0.15, 0.2) is 65.6 Å². The number of carboxylic acid groups (broad SMARTS) is 1. The third kappa shape index (κ3) is 7.90. The number of ether oxygens (including phenoxy) is 4. The van der Waals surface area contributed by atoms with Crippen LogP contribution in [0.2, 0.25) is 0 Å². The van der Waals surface area contributed by atoms with E-state index < -0.39 is 16.1 Å². The number of methoxy groups -OCH3 is 4. The quantitative estimate of drug-likeness (QED) is 0.275. The molecule has 0 aliphatic carbocycles. The lowest BCUT2D eigenvalue weighted by molar-refractivity contribution is -0.940. The Balaban J connectivity index is 0.000000389. The molecular formula is C30H37NO9S. The van der Waals surface area contributed by atoms with Gasteiger partial charge >= 0.3 is 5.97 Å². The second kappa shape index (κ2) is 13.7. The van der Waals surface area contributed by atoms with E-state index >= 15 is 0 Å². The predicted octanol–water partition coefficient (Wildman–Crippen LogP) is 4.07. The summed E-state index contributed by atoms with van der Waals surface area (Å²) in [6.45, 7) is 1.41.